The van der Waals surface area contributed by atoms with E-state index in [-0.39, 0.29) is 11.5 Å². The molecule has 0 saturated heterocycles. The highest BCUT2D eigenvalue weighted by Gasteiger charge is 2.44. The summed E-state index contributed by atoms with van der Waals surface area (Å²) >= 11 is 0. The molecule has 0 N–H and O–H groups in total. The number of hydrogen-bond acceptors (Lipinski definition) is 3. The molecule has 1 heterocycles. The number of allylic oxidation sites excluding steroid dienone is 1. The van der Waals surface area contributed by atoms with Gasteiger partial charge in [0.25, 0.3) is 0 Å². The van der Waals surface area contributed by atoms with Crippen LogP contribution in [0.25, 0.3) is 6.08 Å². The summed E-state index contributed by atoms with van der Waals surface area (Å²) in [5.74, 6) is -0.0749. The molecule has 3 nitrogen and oxygen atoms in total. The molecule has 15 heavy (non-hydrogen) atoms. The lowest BCUT2D eigenvalue weighted by Gasteiger charge is -2.05. The molecule has 0 saturated carbocycles. The predicted molar refractivity (Wildman–Crippen MR) is 47.3 cm³/mol. The predicted octanol–water partition coefficient (Wildman–Crippen LogP) is 2.54. The van der Waals surface area contributed by atoms with Gasteiger partial charge in [0.05, 0.1) is 6.07 Å². The maximum absolute atomic E-state index is 12.7. The Labute approximate surface area is 84.1 Å². The van der Waals surface area contributed by atoms with Crippen LogP contribution in [0, 0.1) is 11.3 Å². The maximum atomic E-state index is 12.7. The Kier molecular flexibility index (Phi) is 2.05. The zero-order valence-corrected chi connectivity index (χ0v) is 7.41. The van der Waals surface area contributed by atoms with Crippen LogP contribution in [0.2, 0.25) is 0 Å². The third kappa shape index (κ3) is 1.74. The van der Waals surface area contributed by atoms with Crippen molar-refractivity contribution >= 4 is 6.08 Å². The van der Waals surface area contributed by atoms with Crippen LogP contribution < -0.4 is 9.47 Å². The van der Waals surface area contributed by atoms with Crippen LogP contribution in [-0.4, -0.2) is 6.29 Å². The standard InChI is InChI=1S/C10H5F2NO2/c11-10(12)14-8-5-1-3-7(4-2-6-13)9(8)15-10/h1-5H/b4-2+. The van der Waals surface area contributed by atoms with Crippen LogP contribution in [0.4, 0.5) is 8.78 Å². The molecule has 1 aliphatic rings. The Morgan fingerprint density at radius 2 is 2.13 bits per heavy atom. The molecule has 0 fully saturated rings. The van der Waals surface area contributed by atoms with Crippen molar-refractivity contribution in [3.05, 3.63) is 29.8 Å². The second kappa shape index (κ2) is 3.24. The Hall–Kier alpha value is -2.09. The molecule has 1 aromatic rings. The summed E-state index contributed by atoms with van der Waals surface area (Å²) in [6, 6.07) is 6.23. The average Bonchev–Trinajstić information content (AvgIpc) is 2.49. The molecule has 0 bridgehead atoms. The highest BCUT2D eigenvalue weighted by atomic mass is 19.3. The second-order valence-corrected chi connectivity index (χ2v) is 2.80. The van der Waals surface area contributed by atoms with E-state index in [1.54, 1.807) is 18.2 Å². The third-order valence-corrected chi connectivity index (χ3v) is 1.80. The summed E-state index contributed by atoms with van der Waals surface area (Å²) in [4.78, 5) is 0. The Bertz CT molecular complexity index is 463. The molecule has 0 aromatic heterocycles. The first kappa shape index (κ1) is 9.46. The number of nitrogens with zero attached hydrogens (tertiary/aromatic N) is 1. The fraction of sp³-hybridized carbons (Fsp3) is 0.100. The van der Waals surface area contributed by atoms with Gasteiger partial charge in [-0.3, -0.25) is 0 Å². The SMILES string of the molecule is N#C/C=C/c1cccc2c1OC(F)(F)O2. The largest absolute Gasteiger partial charge is 0.586 e. The molecule has 2 rings (SSSR count). The topological polar surface area (TPSA) is 42.2 Å². The second-order valence-electron chi connectivity index (χ2n) is 2.80. The minimum Gasteiger partial charge on any atom is -0.395 e. The number of para-hydroxylation sites is 1. The van der Waals surface area contributed by atoms with Gasteiger partial charge < -0.3 is 9.47 Å². The minimum atomic E-state index is -3.63. The highest BCUT2D eigenvalue weighted by molar-refractivity contribution is 5.64. The van der Waals surface area contributed by atoms with Gasteiger partial charge in [-0.1, -0.05) is 12.1 Å². The number of benzene rings is 1. The first-order valence-corrected chi connectivity index (χ1v) is 4.07. The Morgan fingerprint density at radius 1 is 1.33 bits per heavy atom. The van der Waals surface area contributed by atoms with Gasteiger partial charge in [-0.25, -0.2) is 0 Å². The fourth-order valence-electron chi connectivity index (χ4n) is 1.25. The molecule has 5 heteroatoms. The van der Waals surface area contributed by atoms with Crippen molar-refractivity contribution in [2.45, 2.75) is 6.29 Å². The van der Waals surface area contributed by atoms with E-state index in [1.807, 2.05) is 0 Å². The number of hydrogen-bond donors (Lipinski definition) is 0. The van der Waals surface area contributed by atoms with Gasteiger partial charge in [-0.05, 0) is 12.1 Å². The van der Waals surface area contributed by atoms with Crippen molar-refractivity contribution in [2.75, 3.05) is 0 Å². The van der Waals surface area contributed by atoms with Gasteiger partial charge in [0.2, 0.25) is 0 Å². The van der Waals surface area contributed by atoms with Gasteiger partial charge in [-0.15, -0.1) is 8.78 Å². The summed E-state index contributed by atoms with van der Waals surface area (Å²) in [7, 11) is 0. The zero-order valence-electron chi connectivity index (χ0n) is 7.41. The van der Waals surface area contributed by atoms with E-state index >= 15 is 0 Å². The van der Waals surface area contributed by atoms with Gasteiger partial charge in [0.15, 0.2) is 11.5 Å². The van der Waals surface area contributed by atoms with Crippen LogP contribution in [0.15, 0.2) is 24.3 Å². The van der Waals surface area contributed by atoms with E-state index in [1.165, 1.54) is 18.2 Å². The normalized spacial score (nSPS) is 16.6. The smallest absolute Gasteiger partial charge is 0.395 e. The van der Waals surface area contributed by atoms with Crippen molar-refractivity contribution in [2.24, 2.45) is 0 Å². The maximum Gasteiger partial charge on any atom is 0.586 e. The number of ether oxygens (including phenoxy) is 2. The molecule has 1 aliphatic heterocycles. The number of rotatable bonds is 1. The van der Waals surface area contributed by atoms with Gasteiger partial charge in [0.1, 0.15) is 0 Å². The summed E-state index contributed by atoms with van der Waals surface area (Å²) in [6.07, 6.45) is -1.07. The summed E-state index contributed by atoms with van der Waals surface area (Å²) < 4.78 is 34.0. The van der Waals surface area contributed by atoms with Gasteiger partial charge in [-0.2, -0.15) is 5.26 Å². The van der Waals surface area contributed by atoms with E-state index in [4.69, 9.17) is 5.26 Å². The molecule has 0 amide bonds. The number of nitriles is 1. The molecule has 0 atom stereocenters. The molecule has 0 unspecified atom stereocenters. The molecule has 0 spiro atoms. The Balaban J connectivity index is 2.42. The molecule has 0 aliphatic carbocycles. The van der Waals surface area contributed by atoms with E-state index in [2.05, 4.69) is 9.47 Å². The van der Waals surface area contributed by atoms with E-state index in [9.17, 15) is 8.78 Å². The summed E-state index contributed by atoms with van der Waals surface area (Å²) in [5, 5.41) is 8.32. The van der Waals surface area contributed by atoms with Crippen molar-refractivity contribution in [3.63, 3.8) is 0 Å². The van der Waals surface area contributed by atoms with Crippen LogP contribution in [0.3, 0.4) is 0 Å². The summed E-state index contributed by atoms with van der Waals surface area (Å²) in [5.41, 5.74) is 0.381. The quantitative estimate of drug-likeness (QED) is 0.667. The average molecular weight is 209 g/mol. The number of halogens is 2. The number of alkyl halides is 2. The molecular weight excluding hydrogens is 204 g/mol. The van der Waals surface area contributed by atoms with Crippen molar-refractivity contribution in [1.29, 1.82) is 5.26 Å². The molecule has 0 radical (unpaired) electrons. The number of fused-ring (bicyclic) bond motifs is 1. The van der Waals surface area contributed by atoms with Crippen LogP contribution >= 0.6 is 0 Å². The van der Waals surface area contributed by atoms with Crippen molar-refractivity contribution in [1.82, 2.24) is 0 Å². The van der Waals surface area contributed by atoms with Gasteiger partial charge >= 0.3 is 6.29 Å². The molecular formula is C10H5F2NO2. The van der Waals surface area contributed by atoms with E-state index in [0.29, 0.717) is 5.56 Å². The molecule has 1 aromatic carbocycles. The lowest BCUT2D eigenvalue weighted by Crippen LogP contribution is -2.26. The summed E-state index contributed by atoms with van der Waals surface area (Å²) in [6.45, 7) is 0. The van der Waals surface area contributed by atoms with Crippen molar-refractivity contribution < 1.29 is 18.3 Å². The van der Waals surface area contributed by atoms with Crippen LogP contribution in [0.5, 0.6) is 11.5 Å². The fourth-order valence-corrected chi connectivity index (χ4v) is 1.25. The van der Waals surface area contributed by atoms with E-state index < -0.39 is 6.29 Å². The van der Waals surface area contributed by atoms with Crippen LogP contribution in [0.1, 0.15) is 5.56 Å². The minimum absolute atomic E-state index is 0.0277. The first-order chi connectivity index (χ1) is 7.12. The van der Waals surface area contributed by atoms with E-state index in [0.717, 1.165) is 0 Å². The van der Waals surface area contributed by atoms with Gasteiger partial charge in [0, 0.05) is 11.6 Å². The van der Waals surface area contributed by atoms with Crippen LogP contribution in [-0.2, 0) is 0 Å². The molecule has 76 valence electrons. The highest BCUT2D eigenvalue weighted by Crippen LogP contribution is 2.43. The van der Waals surface area contributed by atoms with Crippen molar-refractivity contribution in [3.8, 4) is 17.6 Å². The Morgan fingerprint density at radius 3 is 2.87 bits per heavy atom. The third-order valence-electron chi connectivity index (χ3n) is 1.80. The zero-order chi connectivity index (χ0) is 10.9. The lowest BCUT2D eigenvalue weighted by molar-refractivity contribution is -0.286. The monoisotopic (exact) mass is 209 g/mol. The lowest BCUT2D eigenvalue weighted by atomic mass is 10.2. The first-order valence-electron chi connectivity index (χ1n) is 4.07.